The minimum Gasteiger partial charge on any atom is -0.413 e. The molecule has 1 saturated carbocycles. The summed E-state index contributed by atoms with van der Waals surface area (Å²) in [5.41, 5.74) is 5.32. The van der Waals surface area contributed by atoms with Gasteiger partial charge in [0.1, 0.15) is 0 Å². The van der Waals surface area contributed by atoms with Crippen molar-refractivity contribution in [1.82, 2.24) is 0 Å². The van der Waals surface area contributed by atoms with Crippen LogP contribution < -0.4 is 5.73 Å². The van der Waals surface area contributed by atoms with Crippen LogP contribution in [0.5, 0.6) is 0 Å². The molecule has 0 spiro atoms. The van der Waals surface area contributed by atoms with E-state index < -0.39 is 9.28 Å². The summed E-state index contributed by atoms with van der Waals surface area (Å²) in [6.07, 6.45) is 3.88. The Labute approximate surface area is 62.7 Å². The van der Waals surface area contributed by atoms with E-state index in [1.54, 1.807) is 0 Å². The second kappa shape index (κ2) is 3.00. The van der Waals surface area contributed by atoms with Crippen molar-refractivity contribution < 1.29 is 9.59 Å². The summed E-state index contributed by atoms with van der Waals surface area (Å²) in [5, 5.41) is -0.0284. The molecule has 0 aliphatic heterocycles. The van der Waals surface area contributed by atoms with E-state index in [-0.39, 0.29) is 5.04 Å². The van der Waals surface area contributed by atoms with Gasteiger partial charge in [0.2, 0.25) is 0 Å². The maximum absolute atomic E-state index is 9.02. The smallest absolute Gasteiger partial charge is 0.322 e. The van der Waals surface area contributed by atoms with Crippen molar-refractivity contribution in [3.63, 3.8) is 0 Å². The molecule has 3 nitrogen and oxygen atoms in total. The molecule has 4 N–H and O–H groups in total. The van der Waals surface area contributed by atoms with E-state index in [1.807, 2.05) is 0 Å². The van der Waals surface area contributed by atoms with Gasteiger partial charge in [0, 0.05) is 5.04 Å². The molecule has 0 amide bonds. The van der Waals surface area contributed by atoms with E-state index >= 15 is 0 Å². The van der Waals surface area contributed by atoms with Crippen LogP contribution in [0.3, 0.4) is 0 Å². The lowest BCUT2D eigenvalue weighted by Gasteiger charge is -2.13. The third kappa shape index (κ3) is 1.57. The third-order valence-corrected chi connectivity index (χ3v) is 4.28. The number of nitrogens with two attached hydrogens (primary N) is 1. The zero-order valence-electron chi connectivity index (χ0n) is 6.08. The van der Waals surface area contributed by atoms with E-state index in [9.17, 15) is 0 Å². The van der Waals surface area contributed by atoms with Gasteiger partial charge in [0.05, 0.1) is 0 Å². The Morgan fingerprint density at radius 2 is 2.00 bits per heavy atom. The van der Waals surface area contributed by atoms with Crippen molar-refractivity contribution >= 4 is 9.28 Å². The lowest BCUT2D eigenvalue weighted by molar-refractivity contribution is 0.371. The van der Waals surface area contributed by atoms with E-state index in [0.29, 0.717) is 6.54 Å². The molecule has 1 rings (SSSR count). The van der Waals surface area contributed by atoms with E-state index in [4.69, 9.17) is 15.3 Å². The number of hydrogen-bond donors (Lipinski definition) is 3. The summed E-state index contributed by atoms with van der Waals surface area (Å²) in [5.74, 6) is 0. The SMILES string of the molecule is NCCCC1([SiH](O)O)CC1. The fraction of sp³-hybridized carbons (Fsp3) is 1.00. The fourth-order valence-corrected chi connectivity index (χ4v) is 2.38. The molecule has 10 heavy (non-hydrogen) atoms. The van der Waals surface area contributed by atoms with Crippen LogP contribution in [0.25, 0.3) is 0 Å². The summed E-state index contributed by atoms with van der Waals surface area (Å²) in [6.45, 7) is 0.670. The Bertz CT molecular complexity index is 114. The third-order valence-electron chi connectivity index (χ3n) is 2.32. The van der Waals surface area contributed by atoms with Gasteiger partial charge < -0.3 is 15.3 Å². The van der Waals surface area contributed by atoms with Gasteiger partial charge in [-0.05, 0) is 32.2 Å². The van der Waals surface area contributed by atoms with Crippen LogP contribution in [-0.4, -0.2) is 25.4 Å². The average Bonchev–Trinajstić information content (AvgIpc) is 2.64. The van der Waals surface area contributed by atoms with Gasteiger partial charge in [0.15, 0.2) is 0 Å². The lowest BCUT2D eigenvalue weighted by Crippen LogP contribution is -2.22. The van der Waals surface area contributed by atoms with Crippen LogP contribution in [-0.2, 0) is 0 Å². The minimum atomic E-state index is -2.36. The van der Waals surface area contributed by atoms with Gasteiger partial charge in [-0.2, -0.15) is 0 Å². The zero-order valence-corrected chi connectivity index (χ0v) is 7.24. The van der Waals surface area contributed by atoms with Crippen LogP contribution in [0.2, 0.25) is 5.04 Å². The highest BCUT2D eigenvalue weighted by molar-refractivity contribution is 6.46. The Morgan fingerprint density at radius 3 is 2.30 bits per heavy atom. The highest BCUT2D eigenvalue weighted by Crippen LogP contribution is 2.58. The van der Waals surface area contributed by atoms with E-state index in [2.05, 4.69) is 0 Å². The fourth-order valence-electron chi connectivity index (χ4n) is 1.25. The first kappa shape index (κ1) is 8.20. The summed E-state index contributed by atoms with van der Waals surface area (Å²) in [6, 6.07) is 0. The van der Waals surface area contributed by atoms with Gasteiger partial charge in [-0.1, -0.05) is 0 Å². The Kier molecular flexibility index (Phi) is 2.46. The van der Waals surface area contributed by atoms with Crippen LogP contribution in [0, 0.1) is 0 Å². The number of rotatable bonds is 4. The molecule has 0 saturated heterocycles. The van der Waals surface area contributed by atoms with Crippen LogP contribution in [0.4, 0.5) is 0 Å². The molecule has 0 atom stereocenters. The highest BCUT2D eigenvalue weighted by atomic mass is 28.3. The second-order valence-corrected chi connectivity index (χ2v) is 5.10. The molecule has 0 radical (unpaired) electrons. The van der Waals surface area contributed by atoms with E-state index in [0.717, 1.165) is 25.7 Å². The molecule has 0 aromatic heterocycles. The summed E-state index contributed by atoms with van der Waals surface area (Å²) in [4.78, 5) is 18.0. The molecule has 4 heteroatoms. The van der Waals surface area contributed by atoms with Gasteiger partial charge >= 0.3 is 9.28 Å². The molecule has 1 aliphatic carbocycles. The standard InChI is InChI=1S/C6H15NO2Si/c7-5-1-2-6(3-4-6)10(8)9/h8-10H,1-5,7H2. The topological polar surface area (TPSA) is 66.5 Å². The maximum atomic E-state index is 9.02. The van der Waals surface area contributed by atoms with Gasteiger partial charge in [-0.3, -0.25) is 0 Å². The van der Waals surface area contributed by atoms with Crippen molar-refractivity contribution in [1.29, 1.82) is 0 Å². The first-order valence-corrected chi connectivity index (χ1v) is 5.38. The zero-order chi connectivity index (χ0) is 7.61. The molecule has 0 heterocycles. The molecule has 0 aromatic rings. The van der Waals surface area contributed by atoms with Crippen LogP contribution in [0.1, 0.15) is 25.7 Å². The van der Waals surface area contributed by atoms with Crippen molar-refractivity contribution in [3.05, 3.63) is 0 Å². The predicted octanol–water partition coefficient (Wildman–Crippen LogP) is -0.535. The molecular weight excluding hydrogens is 146 g/mol. The molecule has 1 aliphatic rings. The first-order chi connectivity index (χ1) is 4.71. The molecular formula is C6H15NO2Si. The number of hydrogen-bond acceptors (Lipinski definition) is 3. The van der Waals surface area contributed by atoms with Gasteiger partial charge in [0.25, 0.3) is 0 Å². The largest absolute Gasteiger partial charge is 0.413 e. The quantitative estimate of drug-likeness (QED) is 0.485. The van der Waals surface area contributed by atoms with E-state index in [1.165, 1.54) is 0 Å². The Balaban J connectivity index is 2.24. The van der Waals surface area contributed by atoms with Crippen LogP contribution in [0.15, 0.2) is 0 Å². The molecule has 0 unspecified atom stereocenters. The van der Waals surface area contributed by atoms with Gasteiger partial charge in [-0.25, -0.2) is 0 Å². The molecule has 0 aromatic carbocycles. The summed E-state index contributed by atoms with van der Waals surface area (Å²) >= 11 is 0. The van der Waals surface area contributed by atoms with Crippen molar-refractivity contribution in [2.24, 2.45) is 5.73 Å². The van der Waals surface area contributed by atoms with Crippen molar-refractivity contribution in [2.45, 2.75) is 30.7 Å². The van der Waals surface area contributed by atoms with Crippen molar-refractivity contribution in [2.75, 3.05) is 6.54 Å². The minimum absolute atomic E-state index is 0.0284. The Morgan fingerprint density at radius 1 is 1.40 bits per heavy atom. The Hall–Kier alpha value is 0.0969. The normalized spacial score (nSPS) is 21.6. The van der Waals surface area contributed by atoms with Crippen molar-refractivity contribution in [3.8, 4) is 0 Å². The monoisotopic (exact) mass is 161 g/mol. The molecule has 1 fully saturated rings. The predicted molar refractivity (Wildman–Crippen MR) is 41.8 cm³/mol. The molecule has 60 valence electrons. The lowest BCUT2D eigenvalue weighted by atomic mass is 10.2. The van der Waals surface area contributed by atoms with Gasteiger partial charge in [-0.15, -0.1) is 0 Å². The highest BCUT2D eigenvalue weighted by Gasteiger charge is 2.49. The summed E-state index contributed by atoms with van der Waals surface area (Å²) < 4.78 is 0. The second-order valence-electron chi connectivity index (χ2n) is 3.13. The van der Waals surface area contributed by atoms with Crippen LogP contribution >= 0.6 is 0 Å². The molecule has 0 bridgehead atoms. The first-order valence-electron chi connectivity index (χ1n) is 3.77. The average molecular weight is 161 g/mol. The maximum Gasteiger partial charge on any atom is 0.322 e. The summed E-state index contributed by atoms with van der Waals surface area (Å²) in [7, 11) is -2.36.